The van der Waals surface area contributed by atoms with E-state index in [2.05, 4.69) is 10.4 Å². The number of hydrogen-bond acceptors (Lipinski definition) is 4. The average Bonchev–Trinajstić information content (AvgIpc) is 3.13. The molecule has 3 aromatic rings. The molecule has 0 fully saturated rings. The maximum atomic E-state index is 12.5. The molecule has 0 bridgehead atoms. The van der Waals surface area contributed by atoms with Crippen molar-refractivity contribution < 1.29 is 14.3 Å². The fourth-order valence-electron chi connectivity index (χ4n) is 2.72. The predicted molar refractivity (Wildman–Crippen MR) is 103 cm³/mol. The number of carbonyl (C=O) groups excluding carboxylic acids is 1. The van der Waals surface area contributed by atoms with E-state index in [0.29, 0.717) is 52.6 Å². The SMILES string of the molecule is O=C(Nc1cc2c(cc1Cl)OCCO2)c1cnn(Cc2ccccc2Cl)c1. The van der Waals surface area contributed by atoms with Crippen molar-refractivity contribution in [1.29, 1.82) is 0 Å². The van der Waals surface area contributed by atoms with Gasteiger partial charge in [0, 0.05) is 23.4 Å². The van der Waals surface area contributed by atoms with Crippen molar-refractivity contribution in [2.45, 2.75) is 6.54 Å². The maximum Gasteiger partial charge on any atom is 0.258 e. The lowest BCUT2D eigenvalue weighted by Crippen LogP contribution is -2.16. The number of anilines is 1. The fourth-order valence-corrected chi connectivity index (χ4v) is 3.12. The van der Waals surface area contributed by atoms with Crippen molar-refractivity contribution in [1.82, 2.24) is 9.78 Å². The van der Waals surface area contributed by atoms with Crippen molar-refractivity contribution >= 4 is 34.8 Å². The molecule has 8 heteroatoms. The van der Waals surface area contributed by atoms with E-state index in [1.165, 1.54) is 6.20 Å². The minimum Gasteiger partial charge on any atom is -0.486 e. The Bertz CT molecular complexity index is 1000. The Balaban J connectivity index is 1.49. The van der Waals surface area contributed by atoms with E-state index in [-0.39, 0.29) is 5.91 Å². The normalized spacial score (nSPS) is 12.7. The number of fused-ring (bicyclic) bond motifs is 1. The highest BCUT2D eigenvalue weighted by molar-refractivity contribution is 6.34. The van der Waals surface area contributed by atoms with Crippen LogP contribution >= 0.6 is 23.2 Å². The van der Waals surface area contributed by atoms with Crippen molar-refractivity contribution in [2.75, 3.05) is 18.5 Å². The zero-order chi connectivity index (χ0) is 18.8. The smallest absolute Gasteiger partial charge is 0.258 e. The van der Waals surface area contributed by atoms with Crippen LogP contribution in [0.1, 0.15) is 15.9 Å². The number of ether oxygens (including phenoxy) is 2. The van der Waals surface area contributed by atoms with Gasteiger partial charge in [-0.2, -0.15) is 5.10 Å². The lowest BCUT2D eigenvalue weighted by atomic mass is 10.2. The highest BCUT2D eigenvalue weighted by Gasteiger charge is 2.17. The first kappa shape index (κ1) is 17.7. The van der Waals surface area contributed by atoms with E-state index >= 15 is 0 Å². The van der Waals surface area contributed by atoms with Crippen LogP contribution in [0.3, 0.4) is 0 Å². The highest BCUT2D eigenvalue weighted by atomic mass is 35.5. The number of hydrogen-bond donors (Lipinski definition) is 1. The molecule has 1 N–H and O–H groups in total. The number of benzene rings is 2. The van der Waals surface area contributed by atoms with Gasteiger partial charge in [-0.15, -0.1) is 0 Å². The number of nitrogens with one attached hydrogen (secondary N) is 1. The summed E-state index contributed by atoms with van der Waals surface area (Å²) in [6.45, 7) is 1.40. The summed E-state index contributed by atoms with van der Waals surface area (Å²) in [5.74, 6) is 0.797. The Morgan fingerprint density at radius 3 is 2.63 bits per heavy atom. The topological polar surface area (TPSA) is 65.4 Å². The largest absolute Gasteiger partial charge is 0.486 e. The first-order chi connectivity index (χ1) is 13.1. The minimum atomic E-state index is -0.320. The van der Waals surface area contributed by atoms with Gasteiger partial charge in [0.15, 0.2) is 11.5 Å². The van der Waals surface area contributed by atoms with Gasteiger partial charge in [-0.3, -0.25) is 9.48 Å². The predicted octanol–water partition coefficient (Wildman–Crippen LogP) is 4.26. The van der Waals surface area contributed by atoms with Crippen molar-refractivity contribution in [3.63, 3.8) is 0 Å². The quantitative estimate of drug-likeness (QED) is 0.706. The second kappa shape index (κ2) is 7.50. The van der Waals surface area contributed by atoms with E-state index < -0.39 is 0 Å². The van der Waals surface area contributed by atoms with Crippen LogP contribution < -0.4 is 14.8 Å². The van der Waals surface area contributed by atoms with Crippen LogP contribution in [-0.2, 0) is 6.54 Å². The van der Waals surface area contributed by atoms with Gasteiger partial charge in [-0.25, -0.2) is 0 Å². The van der Waals surface area contributed by atoms with Crippen LogP contribution in [0.15, 0.2) is 48.8 Å². The van der Waals surface area contributed by atoms with Crippen LogP contribution in [0, 0.1) is 0 Å². The Labute approximate surface area is 165 Å². The van der Waals surface area contributed by atoms with E-state index in [1.807, 2.05) is 24.3 Å². The standard InChI is InChI=1S/C19H15Cl2N3O3/c20-14-4-2-1-3-12(14)10-24-11-13(9-22-24)19(25)23-16-8-18-17(7-15(16)21)26-5-6-27-18/h1-4,7-9,11H,5-6,10H2,(H,23,25). The summed E-state index contributed by atoms with van der Waals surface area (Å²) in [5, 5.41) is 8.03. The van der Waals surface area contributed by atoms with Gasteiger partial charge in [0.1, 0.15) is 13.2 Å². The lowest BCUT2D eigenvalue weighted by Gasteiger charge is -2.19. The summed E-state index contributed by atoms with van der Waals surface area (Å²) in [4.78, 5) is 12.5. The Morgan fingerprint density at radius 2 is 1.85 bits per heavy atom. The molecule has 4 rings (SSSR count). The second-order valence-electron chi connectivity index (χ2n) is 5.95. The molecule has 0 unspecified atom stereocenters. The lowest BCUT2D eigenvalue weighted by molar-refractivity contribution is 0.102. The molecule has 1 aliphatic heterocycles. The van der Waals surface area contributed by atoms with Crippen LogP contribution in [0.2, 0.25) is 10.0 Å². The molecule has 1 aliphatic rings. The van der Waals surface area contributed by atoms with Crippen molar-refractivity contribution in [2.24, 2.45) is 0 Å². The van der Waals surface area contributed by atoms with E-state index in [1.54, 1.807) is 23.0 Å². The molecule has 1 amide bonds. The van der Waals surface area contributed by atoms with Crippen LogP contribution in [0.4, 0.5) is 5.69 Å². The molecule has 0 atom stereocenters. The number of aromatic nitrogens is 2. The van der Waals surface area contributed by atoms with E-state index in [4.69, 9.17) is 32.7 Å². The summed E-state index contributed by atoms with van der Waals surface area (Å²) in [5.41, 5.74) is 1.78. The molecule has 0 aliphatic carbocycles. The molecule has 6 nitrogen and oxygen atoms in total. The molecule has 2 aromatic carbocycles. The molecule has 0 radical (unpaired) electrons. The van der Waals surface area contributed by atoms with E-state index in [9.17, 15) is 4.79 Å². The number of amides is 1. The van der Waals surface area contributed by atoms with Gasteiger partial charge in [0.05, 0.1) is 29.0 Å². The molecule has 0 saturated carbocycles. The molecule has 138 valence electrons. The van der Waals surface area contributed by atoms with Crippen LogP contribution in [0.5, 0.6) is 11.5 Å². The highest BCUT2D eigenvalue weighted by Crippen LogP contribution is 2.38. The van der Waals surface area contributed by atoms with Crippen LogP contribution in [0.25, 0.3) is 0 Å². The van der Waals surface area contributed by atoms with Crippen LogP contribution in [-0.4, -0.2) is 28.9 Å². The molecular formula is C19H15Cl2N3O3. The molecule has 1 aromatic heterocycles. The minimum absolute atomic E-state index is 0.320. The molecule has 27 heavy (non-hydrogen) atoms. The zero-order valence-corrected chi connectivity index (χ0v) is 15.6. The van der Waals surface area contributed by atoms with Gasteiger partial charge < -0.3 is 14.8 Å². The average molecular weight is 404 g/mol. The molecule has 2 heterocycles. The molecule has 0 saturated heterocycles. The van der Waals surface area contributed by atoms with Gasteiger partial charge in [0.2, 0.25) is 0 Å². The number of nitrogens with zero attached hydrogens (tertiary/aromatic N) is 2. The molecular weight excluding hydrogens is 389 g/mol. The van der Waals surface area contributed by atoms with E-state index in [0.717, 1.165) is 5.56 Å². The summed E-state index contributed by atoms with van der Waals surface area (Å²) in [6.07, 6.45) is 3.16. The summed E-state index contributed by atoms with van der Waals surface area (Å²) in [6, 6.07) is 10.8. The Morgan fingerprint density at radius 1 is 1.11 bits per heavy atom. The zero-order valence-electron chi connectivity index (χ0n) is 14.1. The molecule has 0 spiro atoms. The third-order valence-corrected chi connectivity index (χ3v) is 4.75. The van der Waals surface area contributed by atoms with Gasteiger partial charge in [-0.1, -0.05) is 41.4 Å². The first-order valence-corrected chi connectivity index (χ1v) is 9.02. The summed E-state index contributed by atoms with van der Waals surface area (Å²) < 4.78 is 12.7. The van der Waals surface area contributed by atoms with Gasteiger partial charge in [-0.05, 0) is 11.6 Å². The number of rotatable bonds is 4. The third-order valence-electron chi connectivity index (χ3n) is 4.07. The summed E-state index contributed by atoms with van der Waals surface area (Å²) >= 11 is 12.4. The van der Waals surface area contributed by atoms with Gasteiger partial charge in [0.25, 0.3) is 5.91 Å². The second-order valence-corrected chi connectivity index (χ2v) is 6.76. The first-order valence-electron chi connectivity index (χ1n) is 8.26. The van der Waals surface area contributed by atoms with Gasteiger partial charge >= 0.3 is 0 Å². The third kappa shape index (κ3) is 3.86. The summed E-state index contributed by atoms with van der Waals surface area (Å²) in [7, 11) is 0. The van der Waals surface area contributed by atoms with Crippen molar-refractivity contribution in [3.8, 4) is 11.5 Å². The maximum absolute atomic E-state index is 12.5. The Kier molecular flexibility index (Phi) is 4.92. The monoisotopic (exact) mass is 403 g/mol. The number of carbonyl (C=O) groups is 1. The number of halogens is 2. The fraction of sp³-hybridized carbons (Fsp3) is 0.158. The van der Waals surface area contributed by atoms with Crippen molar-refractivity contribution in [3.05, 3.63) is 70.0 Å². The Hall–Kier alpha value is -2.70.